The minimum absolute atomic E-state index is 0.130. The van der Waals surface area contributed by atoms with Crippen LogP contribution in [0.3, 0.4) is 0 Å². The number of oxime groups is 1. The van der Waals surface area contributed by atoms with E-state index in [4.69, 9.17) is 10.9 Å². The zero-order valence-electron chi connectivity index (χ0n) is 10.6. The molecule has 1 unspecified atom stereocenters. The number of hydrogen-bond acceptors (Lipinski definition) is 3. The van der Waals surface area contributed by atoms with E-state index in [1.807, 2.05) is 0 Å². The van der Waals surface area contributed by atoms with Gasteiger partial charge in [-0.3, -0.25) is 0 Å². The van der Waals surface area contributed by atoms with Gasteiger partial charge in [0, 0.05) is 18.2 Å². The molecule has 0 saturated carbocycles. The third-order valence-corrected chi connectivity index (χ3v) is 3.31. The second-order valence-corrected chi connectivity index (χ2v) is 4.63. The van der Waals surface area contributed by atoms with Crippen LogP contribution >= 0.6 is 0 Å². The van der Waals surface area contributed by atoms with Gasteiger partial charge < -0.3 is 16.3 Å². The average Bonchev–Trinajstić information content (AvgIpc) is 2.46. The quantitative estimate of drug-likeness (QED) is 0.256. The number of hydrogen-bond donors (Lipinski definition) is 3. The zero-order valence-corrected chi connectivity index (χ0v) is 10.6. The number of allylic oxidation sites excluding steroid dienone is 1. The maximum Gasteiger partial charge on any atom is 0.173 e. The third kappa shape index (κ3) is 3.32. The third-order valence-electron chi connectivity index (χ3n) is 3.31. The molecule has 0 aliphatic heterocycles. The number of nitrogens with one attached hydrogen (secondary N) is 1. The Morgan fingerprint density at radius 2 is 2.32 bits per heavy atom. The number of nitrogens with two attached hydrogens (primary N) is 1. The number of amidine groups is 1. The first-order valence-electron chi connectivity index (χ1n) is 6.36. The summed E-state index contributed by atoms with van der Waals surface area (Å²) >= 11 is 0. The summed E-state index contributed by atoms with van der Waals surface area (Å²) in [4.78, 5) is 0. The van der Waals surface area contributed by atoms with E-state index >= 15 is 0 Å². The van der Waals surface area contributed by atoms with Gasteiger partial charge in [0.1, 0.15) is 5.82 Å². The van der Waals surface area contributed by atoms with E-state index in [2.05, 4.69) is 22.6 Å². The van der Waals surface area contributed by atoms with E-state index in [1.54, 1.807) is 12.1 Å². The number of benzene rings is 1. The van der Waals surface area contributed by atoms with Crippen molar-refractivity contribution in [3.05, 3.63) is 47.3 Å². The number of nitrogens with zero attached hydrogens (tertiary/aromatic N) is 1. The smallest absolute Gasteiger partial charge is 0.173 e. The lowest BCUT2D eigenvalue weighted by Crippen LogP contribution is -2.29. The Hall–Kier alpha value is -1.88. The predicted molar refractivity (Wildman–Crippen MR) is 72.5 cm³/mol. The van der Waals surface area contributed by atoms with Gasteiger partial charge in [0.05, 0.1) is 5.56 Å². The van der Waals surface area contributed by atoms with Crippen LogP contribution in [0.4, 0.5) is 4.39 Å². The molecule has 0 fully saturated rings. The molecule has 4 N–H and O–H groups in total. The summed E-state index contributed by atoms with van der Waals surface area (Å²) in [5.74, 6) is -0.642. The lowest BCUT2D eigenvalue weighted by atomic mass is 10.0. The van der Waals surface area contributed by atoms with Gasteiger partial charge in [-0.2, -0.15) is 0 Å². The van der Waals surface area contributed by atoms with Crippen LogP contribution in [0.1, 0.15) is 30.4 Å². The normalized spacial score (nSPS) is 19.6. The molecular formula is C14H18FN3O. The fourth-order valence-electron chi connectivity index (χ4n) is 2.20. The van der Waals surface area contributed by atoms with Gasteiger partial charge in [0.15, 0.2) is 5.84 Å². The Morgan fingerprint density at radius 1 is 1.47 bits per heavy atom. The van der Waals surface area contributed by atoms with E-state index in [1.165, 1.54) is 6.07 Å². The maximum atomic E-state index is 14.1. The van der Waals surface area contributed by atoms with Crippen molar-refractivity contribution < 1.29 is 9.60 Å². The predicted octanol–water partition coefficient (Wildman–Crippen LogP) is 2.12. The summed E-state index contributed by atoms with van der Waals surface area (Å²) in [5.41, 5.74) is 6.09. The number of halogens is 1. The fraction of sp³-hybridized carbons (Fsp3) is 0.357. The van der Waals surface area contributed by atoms with Gasteiger partial charge >= 0.3 is 0 Å². The molecular weight excluding hydrogens is 245 g/mol. The molecule has 0 bridgehead atoms. The van der Waals surface area contributed by atoms with E-state index in [9.17, 15) is 4.39 Å². The maximum absolute atomic E-state index is 14.1. The standard InChI is InChI=1S/C14H18FN3O/c15-13-10(5-4-8-12(13)14(16)18-19)9-17-11-6-2-1-3-7-11/h1-2,4-5,8,11,17,19H,3,6-7,9H2,(H2,16,18). The van der Waals surface area contributed by atoms with E-state index in [0.29, 0.717) is 18.2 Å². The summed E-state index contributed by atoms with van der Waals surface area (Å²) < 4.78 is 14.1. The van der Waals surface area contributed by atoms with Crippen molar-refractivity contribution in [3.8, 4) is 0 Å². The largest absolute Gasteiger partial charge is 0.409 e. The molecule has 0 radical (unpaired) electrons. The van der Waals surface area contributed by atoms with Crippen LogP contribution in [-0.2, 0) is 6.54 Å². The summed E-state index contributed by atoms with van der Waals surface area (Å²) in [7, 11) is 0. The summed E-state index contributed by atoms with van der Waals surface area (Å²) in [6, 6.07) is 5.29. The van der Waals surface area contributed by atoms with Crippen LogP contribution < -0.4 is 11.1 Å². The second-order valence-electron chi connectivity index (χ2n) is 4.63. The highest BCUT2D eigenvalue weighted by atomic mass is 19.1. The van der Waals surface area contributed by atoms with Crippen molar-refractivity contribution in [1.82, 2.24) is 5.32 Å². The first kappa shape index (κ1) is 13.5. The molecule has 1 aliphatic rings. The van der Waals surface area contributed by atoms with Gasteiger partial charge in [0.2, 0.25) is 0 Å². The molecule has 2 rings (SSSR count). The van der Waals surface area contributed by atoms with Crippen LogP contribution in [0, 0.1) is 5.82 Å². The summed E-state index contributed by atoms with van der Waals surface area (Å²) in [6.07, 6.45) is 7.41. The van der Waals surface area contributed by atoms with E-state index in [0.717, 1.165) is 19.3 Å². The van der Waals surface area contributed by atoms with Gasteiger partial charge in [-0.15, -0.1) is 0 Å². The van der Waals surface area contributed by atoms with Crippen LogP contribution in [0.5, 0.6) is 0 Å². The van der Waals surface area contributed by atoms with Crippen molar-refractivity contribution in [2.45, 2.75) is 31.8 Å². The van der Waals surface area contributed by atoms with Crippen LogP contribution in [0.25, 0.3) is 0 Å². The van der Waals surface area contributed by atoms with Gasteiger partial charge in [0.25, 0.3) is 0 Å². The SMILES string of the molecule is N/C(=N/O)c1cccc(CNC2CC=CCC2)c1F. The molecule has 4 nitrogen and oxygen atoms in total. The van der Waals surface area contributed by atoms with Crippen LogP contribution in [0.2, 0.25) is 0 Å². The molecule has 1 aromatic rings. The highest BCUT2D eigenvalue weighted by Gasteiger charge is 2.13. The minimum atomic E-state index is -0.434. The van der Waals surface area contributed by atoms with Crippen molar-refractivity contribution in [3.63, 3.8) is 0 Å². The topological polar surface area (TPSA) is 70.6 Å². The average molecular weight is 263 g/mol. The molecule has 5 heteroatoms. The lowest BCUT2D eigenvalue weighted by Gasteiger charge is -2.19. The highest BCUT2D eigenvalue weighted by Crippen LogP contribution is 2.15. The zero-order chi connectivity index (χ0) is 13.7. The van der Waals surface area contributed by atoms with Crippen LogP contribution in [0.15, 0.2) is 35.5 Å². The van der Waals surface area contributed by atoms with E-state index in [-0.39, 0.29) is 11.4 Å². The Kier molecular flexibility index (Phi) is 4.52. The highest BCUT2D eigenvalue weighted by molar-refractivity contribution is 5.97. The molecule has 19 heavy (non-hydrogen) atoms. The molecule has 0 aromatic heterocycles. The molecule has 1 aliphatic carbocycles. The molecule has 0 saturated heterocycles. The Balaban J connectivity index is 2.06. The summed E-state index contributed by atoms with van der Waals surface area (Å²) in [5, 5.41) is 14.8. The first-order chi connectivity index (χ1) is 9.22. The monoisotopic (exact) mass is 263 g/mol. The Bertz CT molecular complexity index is 499. The molecule has 1 atom stereocenters. The van der Waals surface area contributed by atoms with Crippen molar-refractivity contribution >= 4 is 5.84 Å². The van der Waals surface area contributed by atoms with Crippen molar-refractivity contribution in [1.29, 1.82) is 0 Å². The van der Waals surface area contributed by atoms with Crippen LogP contribution in [-0.4, -0.2) is 17.1 Å². The molecule has 0 heterocycles. The van der Waals surface area contributed by atoms with E-state index < -0.39 is 5.82 Å². The minimum Gasteiger partial charge on any atom is -0.409 e. The second kappa shape index (κ2) is 6.33. The number of rotatable bonds is 4. The van der Waals surface area contributed by atoms with Gasteiger partial charge in [-0.05, 0) is 25.3 Å². The Labute approximate surface area is 111 Å². The lowest BCUT2D eigenvalue weighted by molar-refractivity contribution is 0.318. The van der Waals surface area contributed by atoms with Gasteiger partial charge in [-0.1, -0.05) is 29.4 Å². The van der Waals surface area contributed by atoms with Gasteiger partial charge in [-0.25, -0.2) is 4.39 Å². The van der Waals surface area contributed by atoms with Crippen molar-refractivity contribution in [2.75, 3.05) is 0 Å². The Morgan fingerprint density at radius 3 is 3.00 bits per heavy atom. The summed E-state index contributed by atoms with van der Waals surface area (Å²) in [6.45, 7) is 0.441. The molecule has 1 aromatic carbocycles. The molecule has 0 spiro atoms. The van der Waals surface area contributed by atoms with Crippen molar-refractivity contribution in [2.24, 2.45) is 10.9 Å². The molecule has 0 amide bonds. The first-order valence-corrected chi connectivity index (χ1v) is 6.36. The fourth-order valence-corrected chi connectivity index (χ4v) is 2.20. The molecule has 102 valence electrons.